The number of rotatable bonds is 0. The Bertz CT molecular complexity index is 1480. The van der Waals surface area contributed by atoms with Crippen LogP contribution in [0, 0.1) is 17.8 Å². The Kier molecular flexibility index (Phi) is 7.62. The molecule has 9 heteroatoms. The molecule has 2 aromatic rings. The number of hydrogen-bond donors (Lipinski definition) is 2. The lowest BCUT2D eigenvalue weighted by Gasteiger charge is -2.45. The van der Waals surface area contributed by atoms with E-state index in [2.05, 4.69) is 21.8 Å². The third-order valence-electron chi connectivity index (χ3n) is 10.0. The normalized spacial score (nSPS) is 33.8. The lowest BCUT2D eigenvalue weighted by molar-refractivity contribution is 0.0456. The highest BCUT2D eigenvalue weighted by Gasteiger charge is 2.44. The highest BCUT2D eigenvalue weighted by Crippen LogP contribution is 2.46. The number of aryl methyl sites for hydroxylation is 1. The van der Waals surface area contributed by atoms with E-state index in [0.717, 1.165) is 42.8 Å². The summed E-state index contributed by atoms with van der Waals surface area (Å²) in [6.45, 7) is 5.39. The molecular weight excluding hydrogens is 560 g/mol. The summed E-state index contributed by atoms with van der Waals surface area (Å²) in [7, 11) is -3.91. The Morgan fingerprint density at radius 3 is 2.78 bits per heavy atom. The number of hydrogen-bond acceptors (Lipinski definition) is 6. The van der Waals surface area contributed by atoms with Crippen molar-refractivity contribution in [2.24, 2.45) is 17.8 Å². The van der Waals surface area contributed by atoms with Crippen LogP contribution in [-0.4, -0.2) is 50.5 Å². The van der Waals surface area contributed by atoms with Crippen LogP contribution in [0.1, 0.15) is 68.9 Å². The zero-order chi connectivity index (χ0) is 28.9. The number of halogens is 1. The third kappa shape index (κ3) is 5.39. The van der Waals surface area contributed by atoms with Gasteiger partial charge in [-0.3, -0.25) is 4.79 Å². The van der Waals surface area contributed by atoms with E-state index in [4.69, 9.17) is 16.3 Å². The monoisotopic (exact) mass is 600 g/mol. The molecule has 1 amide bonds. The van der Waals surface area contributed by atoms with Gasteiger partial charge in [0, 0.05) is 30.5 Å². The number of carbonyl (C=O) groups excluding carboxylic acids is 1. The maximum Gasteiger partial charge on any atom is 0.264 e. The summed E-state index contributed by atoms with van der Waals surface area (Å²) in [5.74, 6) is 0.232. The first kappa shape index (κ1) is 28.6. The molecule has 2 N–H and O–H groups in total. The van der Waals surface area contributed by atoms with Crippen LogP contribution in [0.15, 0.2) is 48.6 Å². The quantitative estimate of drug-likeness (QED) is 0.388. The predicted molar refractivity (Wildman–Crippen MR) is 163 cm³/mol. The second kappa shape index (κ2) is 10.9. The van der Waals surface area contributed by atoms with Gasteiger partial charge in [0.15, 0.2) is 0 Å². The minimum Gasteiger partial charge on any atom is -0.490 e. The first-order valence-electron chi connectivity index (χ1n) is 14.8. The number of anilines is 1. The van der Waals surface area contributed by atoms with Crippen molar-refractivity contribution >= 4 is 33.2 Å². The summed E-state index contributed by atoms with van der Waals surface area (Å²) < 4.78 is 35.1. The number of carbonyl (C=O) groups is 1. The van der Waals surface area contributed by atoms with Crippen LogP contribution in [0.2, 0.25) is 5.02 Å². The molecule has 7 nitrogen and oxygen atoms in total. The van der Waals surface area contributed by atoms with Crippen molar-refractivity contribution in [1.82, 2.24) is 4.72 Å². The van der Waals surface area contributed by atoms with Gasteiger partial charge in [0.2, 0.25) is 10.0 Å². The summed E-state index contributed by atoms with van der Waals surface area (Å²) in [5, 5.41) is 11.1. The molecule has 41 heavy (non-hydrogen) atoms. The molecule has 0 saturated heterocycles. The van der Waals surface area contributed by atoms with E-state index < -0.39 is 27.3 Å². The number of aliphatic hydroxyl groups is 1. The lowest BCUT2D eigenvalue weighted by Crippen LogP contribution is -2.49. The van der Waals surface area contributed by atoms with Gasteiger partial charge in [0.05, 0.1) is 23.6 Å². The summed E-state index contributed by atoms with van der Waals surface area (Å²) in [4.78, 5) is 15.6. The molecule has 2 bridgehead atoms. The Morgan fingerprint density at radius 2 is 2.00 bits per heavy atom. The number of amides is 1. The zero-order valence-corrected chi connectivity index (χ0v) is 25.3. The number of nitrogens with zero attached hydrogens (tertiary/aromatic N) is 1. The van der Waals surface area contributed by atoms with Crippen LogP contribution >= 0.6 is 11.6 Å². The fourth-order valence-corrected chi connectivity index (χ4v) is 8.64. The van der Waals surface area contributed by atoms with Gasteiger partial charge in [-0.25, -0.2) is 13.1 Å². The lowest BCUT2D eigenvalue weighted by atomic mass is 9.68. The average Bonchev–Trinajstić information content (AvgIpc) is 3.06. The van der Waals surface area contributed by atoms with Gasteiger partial charge in [-0.15, -0.1) is 0 Å². The largest absolute Gasteiger partial charge is 0.490 e. The molecule has 2 aliphatic carbocycles. The number of ether oxygens (including phenoxy) is 1. The van der Waals surface area contributed by atoms with Crippen LogP contribution < -0.4 is 14.4 Å². The van der Waals surface area contributed by atoms with Crippen LogP contribution in [0.25, 0.3) is 0 Å². The second-order valence-corrected chi connectivity index (χ2v) is 15.1. The van der Waals surface area contributed by atoms with E-state index in [-0.39, 0.29) is 30.2 Å². The summed E-state index contributed by atoms with van der Waals surface area (Å²) in [5.41, 5.74) is 3.33. The van der Waals surface area contributed by atoms with Crippen LogP contribution in [0.3, 0.4) is 0 Å². The van der Waals surface area contributed by atoms with Crippen LogP contribution in [0.4, 0.5) is 5.69 Å². The number of nitrogens with one attached hydrogen (secondary N) is 1. The Labute approximate surface area is 249 Å². The third-order valence-corrected chi connectivity index (χ3v) is 12.2. The van der Waals surface area contributed by atoms with Crippen molar-refractivity contribution in [3.8, 4) is 5.75 Å². The number of aliphatic hydroxyl groups excluding tert-OH is 1. The van der Waals surface area contributed by atoms with Crippen molar-refractivity contribution < 1.29 is 24.5 Å². The first-order chi connectivity index (χ1) is 19.6. The predicted octanol–water partition coefficient (Wildman–Crippen LogP) is 5.49. The molecule has 6 atom stereocenters. The molecule has 4 aliphatic rings. The van der Waals surface area contributed by atoms with E-state index in [1.807, 2.05) is 25.1 Å². The maximum absolute atomic E-state index is 13.3. The standard InChI is InChI=1S/C32H39ClN2O5S.H2/c1-20-5-3-7-29(36)26-11-8-24(26)17-35-18-32(14-4-6-22-15-25(33)10-12-27(22)32)19-40-30-13-9-23(16-28(30)35)31(37)34-41(38,39)21(20)2;/h3,7,9-10,12-13,15-16,20-21,24,26,29,36H,4-6,8,11,14,17-19H2,1-2H3,(H,34,37);1H/b7-3-;/t20-,21+,24-,26+,29-,32-;/m0./s1. The van der Waals surface area contributed by atoms with Gasteiger partial charge in [-0.1, -0.05) is 36.7 Å². The fraction of sp³-hybridized carbons (Fsp3) is 0.531. The van der Waals surface area contributed by atoms with Gasteiger partial charge >= 0.3 is 0 Å². The first-order valence-corrected chi connectivity index (χ1v) is 16.7. The van der Waals surface area contributed by atoms with Gasteiger partial charge in [0.25, 0.3) is 5.91 Å². The van der Waals surface area contributed by atoms with E-state index in [0.29, 0.717) is 31.9 Å². The van der Waals surface area contributed by atoms with Gasteiger partial charge in [0.1, 0.15) is 5.75 Å². The highest BCUT2D eigenvalue weighted by atomic mass is 35.5. The molecule has 1 fully saturated rings. The minimum atomic E-state index is -3.91. The van der Waals surface area contributed by atoms with Gasteiger partial charge < -0.3 is 14.7 Å². The molecule has 0 radical (unpaired) electrons. The fourth-order valence-electron chi connectivity index (χ4n) is 7.16. The summed E-state index contributed by atoms with van der Waals surface area (Å²) >= 11 is 6.38. The van der Waals surface area contributed by atoms with Crippen molar-refractivity contribution in [2.75, 3.05) is 24.6 Å². The van der Waals surface area contributed by atoms with Gasteiger partial charge in [-0.05, 0) is 105 Å². The number of sulfonamides is 1. The van der Waals surface area contributed by atoms with Crippen molar-refractivity contribution in [2.45, 2.75) is 69.1 Å². The second-order valence-electron chi connectivity index (χ2n) is 12.6. The van der Waals surface area contributed by atoms with Crippen molar-refractivity contribution in [3.63, 3.8) is 0 Å². The van der Waals surface area contributed by atoms with Crippen molar-refractivity contribution in [1.29, 1.82) is 0 Å². The van der Waals surface area contributed by atoms with E-state index >= 15 is 0 Å². The molecule has 0 aromatic heterocycles. The smallest absolute Gasteiger partial charge is 0.264 e. The summed E-state index contributed by atoms with van der Waals surface area (Å²) in [6, 6.07) is 11.4. The molecule has 1 spiro atoms. The van der Waals surface area contributed by atoms with Crippen LogP contribution in [0.5, 0.6) is 5.75 Å². The van der Waals surface area contributed by atoms with E-state index in [1.54, 1.807) is 25.1 Å². The van der Waals surface area contributed by atoms with E-state index in [1.165, 1.54) is 11.1 Å². The molecular formula is C32H41ClN2O5S. The van der Waals surface area contributed by atoms with Crippen LogP contribution in [-0.2, 0) is 21.9 Å². The van der Waals surface area contributed by atoms with Crippen molar-refractivity contribution in [3.05, 3.63) is 70.3 Å². The molecule has 2 heterocycles. The number of allylic oxidation sites excluding steroid dienone is 1. The molecule has 0 unspecified atom stereocenters. The highest BCUT2D eigenvalue weighted by molar-refractivity contribution is 7.90. The molecule has 222 valence electrons. The number of fused-ring (bicyclic) bond motifs is 4. The summed E-state index contributed by atoms with van der Waals surface area (Å²) in [6.07, 6.45) is 8.58. The SMILES string of the molecule is C[C@@H]1[C@@H](C)C/C=C\[C@H](O)[C@@H]2CC[C@H]2CN2C[C@@]3(CCCc4cc(Cl)ccc43)COc3ccc(cc32)C(=O)NS1(=O)=O.[HH]. The molecule has 1 saturated carbocycles. The van der Waals surface area contributed by atoms with Gasteiger partial charge in [-0.2, -0.15) is 0 Å². The maximum atomic E-state index is 13.3. The number of benzene rings is 2. The Balaban J connectivity index is 0.00000353. The Morgan fingerprint density at radius 1 is 1.17 bits per heavy atom. The molecule has 2 aromatic carbocycles. The zero-order valence-electron chi connectivity index (χ0n) is 23.7. The van der Waals surface area contributed by atoms with E-state index in [9.17, 15) is 18.3 Å². The topological polar surface area (TPSA) is 95.9 Å². The molecule has 2 aliphatic heterocycles. The Hall–Kier alpha value is -2.55. The minimum absolute atomic E-state index is 0. The average molecular weight is 601 g/mol. The molecule has 6 rings (SSSR count).